The minimum atomic E-state index is -0.995. The number of hydrogen-bond donors (Lipinski definition) is 3. The lowest BCUT2D eigenvalue weighted by Gasteiger charge is -2.06. The summed E-state index contributed by atoms with van der Waals surface area (Å²) in [5, 5.41) is 9.79. The van der Waals surface area contributed by atoms with Crippen molar-refractivity contribution >= 4 is 16.9 Å². The summed E-state index contributed by atoms with van der Waals surface area (Å²) >= 11 is 0. The van der Waals surface area contributed by atoms with Gasteiger partial charge in [0.1, 0.15) is 11.8 Å². The van der Waals surface area contributed by atoms with Crippen LogP contribution in [0.1, 0.15) is 12.5 Å². The van der Waals surface area contributed by atoms with Crippen molar-refractivity contribution in [3.8, 4) is 5.75 Å². The third-order valence-corrected chi connectivity index (χ3v) is 2.81. The molecule has 2 rings (SSSR count). The van der Waals surface area contributed by atoms with Gasteiger partial charge in [0.2, 0.25) is 0 Å². The maximum Gasteiger partial charge on any atom is 0.320 e. The van der Waals surface area contributed by atoms with Crippen molar-refractivity contribution in [2.24, 2.45) is 5.73 Å². The first-order valence-corrected chi connectivity index (χ1v) is 5.83. The van der Waals surface area contributed by atoms with E-state index in [4.69, 9.17) is 15.6 Å². The number of H-pyrrole nitrogens is 1. The Bertz CT molecular complexity index is 562. The molecule has 1 heterocycles. The van der Waals surface area contributed by atoms with Crippen LogP contribution in [0, 0.1) is 0 Å². The number of benzene rings is 1. The Hall–Kier alpha value is -2.01. The van der Waals surface area contributed by atoms with E-state index in [1.54, 1.807) is 6.20 Å². The molecule has 0 saturated heterocycles. The van der Waals surface area contributed by atoms with Crippen LogP contribution in [0.25, 0.3) is 10.9 Å². The lowest BCUT2D eigenvalue weighted by molar-refractivity contribution is -0.138. The van der Waals surface area contributed by atoms with Crippen LogP contribution in [0.3, 0.4) is 0 Å². The number of carboxylic acid groups (broad SMARTS) is 1. The van der Waals surface area contributed by atoms with Crippen LogP contribution in [-0.4, -0.2) is 28.7 Å². The van der Waals surface area contributed by atoms with E-state index < -0.39 is 12.0 Å². The minimum absolute atomic E-state index is 0.297. The normalized spacial score (nSPS) is 12.6. The highest BCUT2D eigenvalue weighted by Gasteiger charge is 2.15. The lowest BCUT2D eigenvalue weighted by Crippen LogP contribution is -2.32. The van der Waals surface area contributed by atoms with Gasteiger partial charge in [0.25, 0.3) is 0 Å². The van der Waals surface area contributed by atoms with Crippen molar-refractivity contribution in [3.05, 3.63) is 30.0 Å². The van der Waals surface area contributed by atoms with Crippen LogP contribution >= 0.6 is 0 Å². The van der Waals surface area contributed by atoms with Gasteiger partial charge in [-0.3, -0.25) is 4.79 Å². The summed E-state index contributed by atoms with van der Waals surface area (Å²) in [6.07, 6.45) is 2.09. The number of rotatable bonds is 5. The maximum atomic E-state index is 10.8. The van der Waals surface area contributed by atoms with Gasteiger partial charge in [-0.05, 0) is 30.7 Å². The second kappa shape index (κ2) is 5.10. The monoisotopic (exact) mass is 248 g/mol. The smallest absolute Gasteiger partial charge is 0.320 e. The van der Waals surface area contributed by atoms with E-state index in [0.29, 0.717) is 13.0 Å². The maximum absolute atomic E-state index is 10.8. The Morgan fingerprint density at radius 1 is 1.56 bits per heavy atom. The van der Waals surface area contributed by atoms with Gasteiger partial charge in [-0.15, -0.1) is 0 Å². The summed E-state index contributed by atoms with van der Waals surface area (Å²) in [6, 6.07) is 4.80. The highest BCUT2D eigenvalue weighted by atomic mass is 16.5. The Balaban J connectivity index is 2.33. The zero-order valence-electron chi connectivity index (χ0n) is 10.1. The molecule has 0 aliphatic rings. The third-order valence-electron chi connectivity index (χ3n) is 2.81. The second-order valence-corrected chi connectivity index (χ2v) is 4.10. The zero-order chi connectivity index (χ0) is 13.1. The van der Waals surface area contributed by atoms with Gasteiger partial charge < -0.3 is 20.6 Å². The SMILES string of the molecule is CCOc1ccc2[nH]cc(C[C@H](N)C(=O)O)c2c1. The molecule has 0 spiro atoms. The summed E-state index contributed by atoms with van der Waals surface area (Å²) in [5.74, 6) is -0.222. The van der Waals surface area contributed by atoms with E-state index in [1.807, 2.05) is 25.1 Å². The van der Waals surface area contributed by atoms with Gasteiger partial charge in [0.15, 0.2) is 0 Å². The Morgan fingerprint density at radius 3 is 3.00 bits per heavy atom. The van der Waals surface area contributed by atoms with Crippen LogP contribution < -0.4 is 10.5 Å². The number of fused-ring (bicyclic) bond motifs is 1. The van der Waals surface area contributed by atoms with Crippen molar-refractivity contribution in [2.45, 2.75) is 19.4 Å². The van der Waals surface area contributed by atoms with Gasteiger partial charge in [-0.1, -0.05) is 0 Å². The molecule has 0 fully saturated rings. The molecular formula is C13H16N2O3. The van der Waals surface area contributed by atoms with Crippen molar-refractivity contribution < 1.29 is 14.6 Å². The molecule has 0 aliphatic carbocycles. The molecule has 5 heteroatoms. The van der Waals surface area contributed by atoms with Gasteiger partial charge in [0.05, 0.1) is 6.61 Å². The quantitative estimate of drug-likeness (QED) is 0.748. The Labute approximate surface area is 105 Å². The Morgan fingerprint density at radius 2 is 2.33 bits per heavy atom. The summed E-state index contributed by atoms with van der Waals surface area (Å²) < 4.78 is 5.43. The Kier molecular flexibility index (Phi) is 3.53. The number of ether oxygens (including phenoxy) is 1. The van der Waals surface area contributed by atoms with E-state index in [9.17, 15) is 4.79 Å². The molecule has 5 nitrogen and oxygen atoms in total. The molecule has 1 aromatic heterocycles. The molecule has 0 saturated carbocycles. The summed E-state index contributed by atoms with van der Waals surface area (Å²) in [7, 11) is 0. The topological polar surface area (TPSA) is 88.3 Å². The van der Waals surface area contributed by atoms with Crippen LogP contribution in [0.2, 0.25) is 0 Å². The molecule has 0 amide bonds. The van der Waals surface area contributed by atoms with Crippen molar-refractivity contribution in [3.63, 3.8) is 0 Å². The lowest BCUT2D eigenvalue weighted by atomic mass is 10.1. The number of nitrogens with two attached hydrogens (primary N) is 1. The first-order valence-electron chi connectivity index (χ1n) is 5.83. The number of aromatic nitrogens is 1. The van der Waals surface area contributed by atoms with E-state index in [2.05, 4.69) is 4.98 Å². The molecule has 96 valence electrons. The third kappa shape index (κ3) is 2.46. The highest BCUT2D eigenvalue weighted by Crippen LogP contribution is 2.24. The highest BCUT2D eigenvalue weighted by molar-refractivity contribution is 5.85. The largest absolute Gasteiger partial charge is 0.494 e. The molecule has 1 atom stereocenters. The predicted octanol–water partition coefficient (Wildman–Crippen LogP) is 1.52. The van der Waals surface area contributed by atoms with E-state index >= 15 is 0 Å². The van der Waals surface area contributed by atoms with E-state index in [-0.39, 0.29) is 0 Å². The number of hydrogen-bond acceptors (Lipinski definition) is 3. The number of nitrogens with one attached hydrogen (secondary N) is 1. The summed E-state index contributed by atoms with van der Waals surface area (Å²) in [5.41, 5.74) is 7.39. The van der Waals surface area contributed by atoms with E-state index in [1.165, 1.54) is 0 Å². The van der Waals surface area contributed by atoms with Crippen LogP contribution in [0.5, 0.6) is 5.75 Å². The van der Waals surface area contributed by atoms with Crippen molar-refractivity contribution in [1.29, 1.82) is 0 Å². The molecule has 0 unspecified atom stereocenters. The standard InChI is InChI=1S/C13H16N2O3/c1-2-18-9-3-4-12-10(6-9)8(7-15-12)5-11(14)13(16)17/h3-4,6-7,11,15H,2,5,14H2,1H3,(H,16,17)/t11-/m0/s1. The number of carbonyl (C=O) groups is 1. The molecule has 18 heavy (non-hydrogen) atoms. The average Bonchev–Trinajstić information content (AvgIpc) is 2.72. The molecule has 0 aliphatic heterocycles. The van der Waals surface area contributed by atoms with Gasteiger partial charge in [0, 0.05) is 23.5 Å². The molecule has 0 bridgehead atoms. The zero-order valence-corrected chi connectivity index (χ0v) is 10.1. The second-order valence-electron chi connectivity index (χ2n) is 4.10. The fraction of sp³-hybridized carbons (Fsp3) is 0.308. The first kappa shape index (κ1) is 12.4. The fourth-order valence-electron chi connectivity index (χ4n) is 1.91. The first-order chi connectivity index (χ1) is 8.61. The van der Waals surface area contributed by atoms with Gasteiger partial charge in [-0.25, -0.2) is 0 Å². The van der Waals surface area contributed by atoms with Gasteiger partial charge in [-0.2, -0.15) is 0 Å². The molecule has 2 aromatic rings. The molecular weight excluding hydrogens is 232 g/mol. The van der Waals surface area contributed by atoms with E-state index in [0.717, 1.165) is 22.2 Å². The fourth-order valence-corrected chi connectivity index (χ4v) is 1.91. The van der Waals surface area contributed by atoms with Gasteiger partial charge >= 0.3 is 5.97 Å². The van der Waals surface area contributed by atoms with Crippen molar-refractivity contribution in [2.75, 3.05) is 6.61 Å². The minimum Gasteiger partial charge on any atom is -0.494 e. The summed E-state index contributed by atoms with van der Waals surface area (Å²) in [6.45, 7) is 2.52. The predicted molar refractivity (Wildman–Crippen MR) is 68.8 cm³/mol. The van der Waals surface area contributed by atoms with Crippen LogP contribution in [0.4, 0.5) is 0 Å². The number of carboxylic acids is 1. The average molecular weight is 248 g/mol. The van der Waals surface area contributed by atoms with Crippen LogP contribution in [-0.2, 0) is 11.2 Å². The molecule has 1 aromatic carbocycles. The van der Waals surface area contributed by atoms with Crippen LogP contribution in [0.15, 0.2) is 24.4 Å². The number of aliphatic carboxylic acids is 1. The molecule has 0 radical (unpaired) electrons. The summed E-state index contributed by atoms with van der Waals surface area (Å²) in [4.78, 5) is 13.9. The molecule has 4 N–H and O–H groups in total. The van der Waals surface area contributed by atoms with Crippen molar-refractivity contribution in [1.82, 2.24) is 4.98 Å². The number of aromatic amines is 1.